The smallest absolute Gasteiger partial charge is 0.259 e. The number of rotatable bonds is 3. The van der Waals surface area contributed by atoms with Crippen molar-refractivity contribution in [3.63, 3.8) is 0 Å². The fourth-order valence-corrected chi connectivity index (χ4v) is 1.80. The second-order valence-corrected chi connectivity index (χ2v) is 4.43. The van der Waals surface area contributed by atoms with Crippen molar-refractivity contribution < 1.29 is 4.79 Å². The summed E-state index contributed by atoms with van der Waals surface area (Å²) >= 11 is 0. The summed E-state index contributed by atoms with van der Waals surface area (Å²) in [6, 6.07) is 11.3. The van der Waals surface area contributed by atoms with Crippen molar-refractivity contribution in [3.8, 4) is 0 Å². The maximum atomic E-state index is 12.3. The van der Waals surface area contributed by atoms with Crippen LogP contribution in [0.4, 0.5) is 5.69 Å². The van der Waals surface area contributed by atoms with Crippen LogP contribution in [0.3, 0.4) is 0 Å². The third-order valence-corrected chi connectivity index (χ3v) is 3.00. The van der Waals surface area contributed by atoms with Gasteiger partial charge in [0, 0.05) is 31.2 Å². The van der Waals surface area contributed by atoms with E-state index in [2.05, 4.69) is 4.98 Å². The molecule has 98 valence electrons. The number of carbonyl (C=O) groups is 1. The Morgan fingerprint density at radius 1 is 1.32 bits per heavy atom. The SMILES string of the molecule is Cc1ccc(C(=O)N(C)c2cccc(CN)c2)cn1. The zero-order chi connectivity index (χ0) is 13.8. The monoisotopic (exact) mass is 255 g/mol. The molecule has 0 spiro atoms. The van der Waals surface area contributed by atoms with Crippen LogP contribution in [-0.2, 0) is 6.54 Å². The van der Waals surface area contributed by atoms with Crippen molar-refractivity contribution in [2.45, 2.75) is 13.5 Å². The summed E-state index contributed by atoms with van der Waals surface area (Å²) in [6.45, 7) is 2.35. The van der Waals surface area contributed by atoms with Crippen molar-refractivity contribution in [1.82, 2.24) is 4.98 Å². The average molecular weight is 255 g/mol. The molecule has 0 aliphatic carbocycles. The van der Waals surface area contributed by atoms with Gasteiger partial charge in [-0.05, 0) is 36.8 Å². The summed E-state index contributed by atoms with van der Waals surface area (Å²) in [5.74, 6) is -0.0818. The van der Waals surface area contributed by atoms with Crippen molar-refractivity contribution in [2.24, 2.45) is 5.73 Å². The molecule has 2 aromatic rings. The summed E-state index contributed by atoms with van der Waals surface area (Å²) in [4.78, 5) is 18.1. The number of benzene rings is 1. The topological polar surface area (TPSA) is 59.2 Å². The zero-order valence-electron chi connectivity index (χ0n) is 11.1. The molecule has 1 aromatic carbocycles. The number of anilines is 1. The van der Waals surface area contributed by atoms with Gasteiger partial charge in [0.1, 0.15) is 0 Å². The van der Waals surface area contributed by atoms with Gasteiger partial charge in [0.25, 0.3) is 5.91 Å². The van der Waals surface area contributed by atoms with Crippen LogP contribution in [0.1, 0.15) is 21.6 Å². The number of aryl methyl sites for hydroxylation is 1. The minimum atomic E-state index is -0.0818. The molecule has 1 aromatic heterocycles. The van der Waals surface area contributed by atoms with Crippen LogP contribution in [0.5, 0.6) is 0 Å². The molecule has 4 nitrogen and oxygen atoms in total. The summed E-state index contributed by atoms with van der Waals surface area (Å²) in [5.41, 5.74) is 8.90. The molecule has 2 N–H and O–H groups in total. The molecule has 0 radical (unpaired) electrons. The Balaban J connectivity index is 2.25. The first-order valence-corrected chi connectivity index (χ1v) is 6.11. The van der Waals surface area contributed by atoms with E-state index < -0.39 is 0 Å². The molecule has 2 rings (SSSR count). The van der Waals surface area contributed by atoms with Crippen molar-refractivity contribution in [1.29, 1.82) is 0 Å². The molecular formula is C15H17N3O. The predicted molar refractivity (Wildman–Crippen MR) is 76.0 cm³/mol. The van der Waals surface area contributed by atoms with E-state index >= 15 is 0 Å². The standard InChI is InChI=1S/C15H17N3O/c1-11-6-7-13(10-17-11)15(19)18(2)14-5-3-4-12(8-14)9-16/h3-8,10H,9,16H2,1-2H3. The van der Waals surface area contributed by atoms with Crippen LogP contribution < -0.4 is 10.6 Å². The molecule has 0 fully saturated rings. The number of aromatic nitrogens is 1. The number of pyridine rings is 1. The molecular weight excluding hydrogens is 238 g/mol. The average Bonchev–Trinajstić information content (AvgIpc) is 2.46. The first kappa shape index (κ1) is 13.2. The van der Waals surface area contributed by atoms with Crippen molar-refractivity contribution in [2.75, 3.05) is 11.9 Å². The normalized spacial score (nSPS) is 10.3. The van der Waals surface area contributed by atoms with Gasteiger partial charge in [-0.2, -0.15) is 0 Å². The predicted octanol–water partition coefficient (Wildman–Crippen LogP) is 2.13. The largest absolute Gasteiger partial charge is 0.326 e. The van der Waals surface area contributed by atoms with E-state index in [1.165, 1.54) is 0 Å². The summed E-state index contributed by atoms with van der Waals surface area (Å²) in [5, 5.41) is 0. The zero-order valence-corrected chi connectivity index (χ0v) is 11.1. The van der Waals surface area contributed by atoms with Gasteiger partial charge in [-0.15, -0.1) is 0 Å². The molecule has 0 atom stereocenters. The third kappa shape index (κ3) is 2.98. The highest BCUT2D eigenvalue weighted by atomic mass is 16.2. The molecule has 1 amide bonds. The maximum Gasteiger partial charge on any atom is 0.259 e. The Labute approximate surface area is 112 Å². The van der Waals surface area contributed by atoms with Crippen LogP contribution in [0, 0.1) is 6.92 Å². The number of nitrogens with zero attached hydrogens (tertiary/aromatic N) is 2. The van der Waals surface area contributed by atoms with E-state index in [4.69, 9.17) is 5.73 Å². The number of nitrogens with two attached hydrogens (primary N) is 1. The maximum absolute atomic E-state index is 12.3. The number of hydrogen-bond donors (Lipinski definition) is 1. The highest BCUT2D eigenvalue weighted by molar-refractivity contribution is 6.05. The minimum Gasteiger partial charge on any atom is -0.326 e. The lowest BCUT2D eigenvalue weighted by atomic mass is 10.1. The highest BCUT2D eigenvalue weighted by Gasteiger charge is 2.13. The van der Waals surface area contributed by atoms with Gasteiger partial charge >= 0.3 is 0 Å². The molecule has 0 saturated carbocycles. The van der Waals surface area contributed by atoms with Crippen molar-refractivity contribution in [3.05, 3.63) is 59.4 Å². The van der Waals surface area contributed by atoms with E-state index in [1.807, 2.05) is 37.3 Å². The number of amides is 1. The van der Waals surface area contributed by atoms with Gasteiger partial charge in [0.05, 0.1) is 5.56 Å². The Morgan fingerprint density at radius 3 is 2.74 bits per heavy atom. The number of hydrogen-bond acceptors (Lipinski definition) is 3. The second-order valence-electron chi connectivity index (χ2n) is 4.43. The Kier molecular flexibility index (Phi) is 3.92. The summed E-state index contributed by atoms with van der Waals surface area (Å²) < 4.78 is 0. The van der Waals surface area contributed by atoms with Gasteiger partial charge in [-0.3, -0.25) is 9.78 Å². The van der Waals surface area contributed by atoms with Crippen LogP contribution in [-0.4, -0.2) is 17.9 Å². The lowest BCUT2D eigenvalue weighted by Crippen LogP contribution is -2.26. The number of carbonyl (C=O) groups excluding carboxylic acids is 1. The molecule has 1 heterocycles. The lowest BCUT2D eigenvalue weighted by Gasteiger charge is -2.18. The second kappa shape index (κ2) is 5.63. The Morgan fingerprint density at radius 2 is 2.11 bits per heavy atom. The molecule has 0 aliphatic heterocycles. The fourth-order valence-electron chi connectivity index (χ4n) is 1.80. The van der Waals surface area contributed by atoms with Gasteiger partial charge in [-0.1, -0.05) is 12.1 Å². The molecule has 0 unspecified atom stereocenters. The Bertz CT molecular complexity index is 578. The molecule has 0 aliphatic rings. The van der Waals surface area contributed by atoms with Crippen LogP contribution in [0.2, 0.25) is 0 Å². The fraction of sp³-hybridized carbons (Fsp3) is 0.200. The van der Waals surface area contributed by atoms with Crippen LogP contribution >= 0.6 is 0 Å². The van der Waals surface area contributed by atoms with Gasteiger partial charge < -0.3 is 10.6 Å². The van der Waals surface area contributed by atoms with Gasteiger partial charge in [0.2, 0.25) is 0 Å². The third-order valence-electron chi connectivity index (χ3n) is 3.00. The van der Waals surface area contributed by atoms with E-state index in [0.717, 1.165) is 16.9 Å². The van der Waals surface area contributed by atoms with E-state index in [-0.39, 0.29) is 5.91 Å². The quantitative estimate of drug-likeness (QED) is 0.914. The molecule has 0 bridgehead atoms. The Hall–Kier alpha value is -2.20. The van der Waals surface area contributed by atoms with Crippen molar-refractivity contribution >= 4 is 11.6 Å². The van der Waals surface area contributed by atoms with Crippen LogP contribution in [0.15, 0.2) is 42.6 Å². The summed E-state index contributed by atoms with van der Waals surface area (Å²) in [7, 11) is 1.75. The first-order valence-electron chi connectivity index (χ1n) is 6.11. The van der Waals surface area contributed by atoms with E-state index in [9.17, 15) is 4.79 Å². The highest BCUT2D eigenvalue weighted by Crippen LogP contribution is 2.17. The minimum absolute atomic E-state index is 0.0818. The van der Waals surface area contributed by atoms with Crippen LogP contribution in [0.25, 0.3) is 0 Å². The molecule has 19 heavy (non-hydrogen) atoms. The first-order chi connectivity index (χ1) is 9.11. The summed E-state index contributed by atoms with van der Waals surface area (Å²) in [6.07, 6.45) is 1.60. The molecule has 0 saturated heterocycles. The van der Waals surface area contributed by atoms with E-state index in [0.29, 0.717) is 12.1 Å². The molecule has 4 heteroatoms. The van der Waals surface area contributed by atoms with E-state index in [1.54, 1.807) is 24.2 Å². The van der Waals surface area contributed by atoms with Gasteiger partial charge in [0.15, 0.2) is 0 Å². The van der Waals surface area contributed by atoms with Gasteiger partial charge in [-0.25, -0.2) is 0 Å². The lowest BCUT2D eigenvalue weighted by molar-refractivity contribution is 0.0992.